The molecule has 5 nitrogen and oxygen atoms in total. The molecule has 0 bridgehead atoms. The molecule has 2 amide bonds. The first-order valence-corrected chi connectivity index (χ1v) is 8.65. The Kier molecular flexibility index (Phi) is 6.66. The fraction of sp³-hybridized carbons (Fsp3) is 0.300. The van der Waals surface area contributed by atoms with E-state index < -0.39 is 17.6 Å². The van der Waals surface area contributed by atoms with Gasteiger partial charge in [-0.2, -0.15) is 13.2 Å². The zero-order valence-corrected chi connectivity index (χ0v) is 15.7. The van der Waals surface area contributed by atoms with Gasteiger partial charge in [-0.1, -0.05) is 13.0 Å². The van der Waals surface area contributed by atoms with Crippen LogP contribution in [0.4, 0.5) is 24.5 Å². The summed E-state index contributed by atoms with van der Waals surface area (Å²) in [5, 5.41) is 5.08. The van der Waals surface area contributed by atoms with Crippen LogP contribution in [0, 0.1) is 6.92 Å². The number of alkyl halides is 3. The Morgan fingerprint density at radius 3 is 2.36 bits per heavy atom. The molecule has 8 heteroatoms. The number of carbonyl (C=O) groups is 2. The molecule has 0 fully saturated rings. The third-order valence-corrected chi connectivity index (χ3v) is 3.83. The molecule has 2 aromatic rings. The number of hydrogen-bond acceptors (Lipinski definition) is 3. The van der Waals surface area contributed by atoms with Crippen molar-refractivity contribution in [2.75, 3.05) is 17.2 Å². The van der Waals surface area contributed by atoms with E-state index in [-0.39, 0.29) is 22.9 Å². The molecule has 0 saturated heterocycles. The molecule has 0 saturated carbocycles. The van der Waals surface area contributed by atoms with E-state index in [1.165, 1.54) is 25.1 Å². The highest BCUT2D eigenvalue weighted by Gasteiger charge is 2.31. The number of anilines is 2. The number of ether oxygens (including phenoxy) is 1. The Hall–Kier alpha value is -3.03. The SMILES string of the molecule is CCCOc1ccc(C(F)(F)F)cc1NC(=O)c1ccc(C)c(NC(C)=O)c1. The maximum Gasteiger partial charge on any atom is 0.416 e. The number of amides is 2. The van der Waals surface area contributed by atoms with Gasteiger partial charge < -0.3 is 15.4 Å². The van der Waals surface area contributed by atoms with E-state index in [0.717, 1.165) is 17.7 Å². The predicted octanol–water partition coefficient (Wildman–Crippen LogP) is 5.01. The van der Waals surface area contributed by atoms with Gasteiger partial charge in [-0.05, 0) is 49.2 Å². The van der Waals surface area contributed by atoms with Crippen LogP contribution in [-0.4, -0.2) is 18.4 Å². The lowest BCUT2D eigenvalue weighted by atomic mass is 10.1. The van der Waals surface area contributed by atoms with Gasteiger partial charge >= 0.3 is 6.18 Å². The van der Waals surface area contributed by atoms with Crippen molar-refractivity contribution < 1.29 is 27.5 Å². The van der Waals surface area contributed by atoms with E-state index >= 15 is 0 Å². The minimum absolute atomic E-state index is 0.0741. The molecule has 28 heavy (non-hydrogen) atoms. The van der Waals surface area contributed by atoms with Gasteiger partial charge in [-0.25, -0.2) is 0 Å². The van der Waals surface area contributed by atoms with Gasteiger partial charge in [-0.15, -0.1) is 0 Å². The average molecular weight is 394 g/mol. The quantitative estimate of drug-likeness (QED) is 0.723. The zero-order chi connectivity index (χ0) is 20.9. The largest absolute Gasteiger partial charge is 0.491 e. The standard InChI is InChI=1S/C20H21F3N2O3/c1-4-9-28-18-8-7-15(20(21,22)23)11-17(18)25-19(27)14-6-5-12(2)16(10-14)24-13(3)26/h5-8,10-11H,4,9H2,1-3H3,(H,24,26)(H,25,27). The Morgan fingerprint density at radius 1 is 1.04 bits per heavy atom. The van der Waals surface area contributed by atoms with Crippen LogP contribution in [0.15, 0.2) is 36.4 Å². The number of halogens is 3. The lowest BCUT2D eigenvalue weighted by Crippen LogP contribution is -2.15. The molecule has 2 rings (SSSR count). The highest BCUT2D eigenvalue weighted by molar-refractivity contribution is 6.06. The van der Waals surface area contributed by atoms with Gasteiger partial charge in [0.25, 0.3) is 5.91 Å². The molecule has 2 N–H and O–H groups in total. The first-order valence-electron chi connectivity index (χ1n) is 8.65. The van der Waals surface area contributed by atoms with Crippen LogP contribution in [0.1, 0.15) is 41.8 Å². The minimum Gasteiger partial charge on any atom is -0.491 e. The summed E-state index contributed by atoms with van der Waals surface area (Å²) in [6, 6.07) is 7.56. The zero-order valence-electron chi connectivity index (χ0n) is 15.7. The van der Waals surface area contributed by atoms with E-state index in [2.05, 4.69) is 10.6 Å². The van der Waals surface area contributed by atoms with Crippen molar-refractivity contribution in [3.63, 3.8) is 0 Å². The third kappa shape index (κ3) is 5.48. The van der Waals surface area contributed by atoms with E-state index in [1.54, 1.807) is 13.0 Å². The topological polar surface area (TPSA) is 67.4 Å². The van der Waals surface area contributed by atoms with Crippen LogP contribution in [0.3, 0.4) is 0 Å². The molecule has 0 aliphatic rings. The van der Waals surface area contributed by atoms with Gasteiger partial charge in [0.1, 0.15) is 5.75 Å². The molecule has 0 unspecified atom stereocenters. The summed E-state index contributed by atoms with van der Waals surface area (Å²) in [7, 11) is 0. The maximum atomic E-state index is 13.0. The smallest absolute Gasteiger partial charge is 0.416 e. The van der Waals surface area contributed by atoms with Crippen molar-refractivity contribution in [1.82, 2.24) is 0 Å². The van der Waals surface area contributed by atoms with Crippen LogP contribution in [0.25, 0.3) is 0 Å². The average Bonchev–Trinajstić information content (AvgIpc) is 2.61. The number of benzene rings is 2. The molecular weight excluding hydrogens is 373 g/mol. The van der Waals surface area contributed by atoms with Crippen molar-refractivity contribution >= 4 is 23.2 Å². The van der Waals surface area contributed by atoms with E-state index in [4.69, 9.17) is 4.74 Å². The molecule has 0 atom stereocenters. The van der Waals surface area contributed by atoms with Crippen LogP contribution >= 0.6 is 0 Å². The predicted molar refractivity (Wildman–Crippen MR) is 101 cm³/mol. The Bertz CT molecular complexity index is 879. The van der Waals surface area contributed by atoms with E-state index in [0.29, 0.717) is 18.7 Å². The Morgan fingerprint density at radius 2 is 1.75 bits per heavy atom. The molecule has 0 radical (unpaired) electrons. The summed E-state index contributed by atoms with van der Waals surface area (Å²) in [5.41, 5.74) is 0.419. The number of hydrogen-bond donors (Lipinski definition) is 2. The highest BCUT2D eigenvalue weighted by Crippen LogP contribution is 2.35. The molecule has 2 aromatic carbocycles. The molecule has 0 aliphatic heterocycles. The van der Waals surface area contributed by atoms with E-state index in [9.17, 15) is 22.8 Å². The summed E-state index contributed by atoms with van der Waals surface area (Å²) in [4.78, 5) is 23.9. The van der Waals surface area contributed by atoms with Gasteiger partial charge in [0, 0.05) is 18.2 Å². The van der Waals surface area contributed by atoms with Gasteiger partial charge in [0.05, 0.1) is 17.9 Å². The van der Waals surface area contributed by atoms with Gasteiger partial charge in [0.2, 0.25) is 5.91 Å². The normalized spacial score (nSPS) is 11.1. The second-order valence-corrected chi connectivity index (χ2v) is 6.22. The number of aryl methyl sites for hydroxylation is 1. The van der Waals surface area contributed by atoms with Crippen LogP contribution in [0.2, 0.25) is 0 Å². The number of carbonyl (C=O) groups excluding carboxylic acids is 2. The monoisotopic (exact) mass is 394 g/mol. The molecule has 0 heterocycles. The summed E-state index contributed by atoms with van der Waals surface area (Å²) >= 11 is 0. The first-order chi connectivity index (χ1) is 13.1. The molecule has 150 valence electrons. The van der Waals surface area contributed by atoms with Crippen molar-refractivity contribution in [2.24, 2.45) is 0 Å². The molecule has 0 aromatic heterocycles. The summed E-state index contributed by atoms with van der Waals surface area (Å²) in [6.07, 6.45) is -3.89. The van der Waals surface area contributed by atoms with Crippen LogP contribution in [-0.2, 0) is 11.0 Å². The maximum absolute atomic E-state index is 13.0. The molecule has 0 spiro atoms. The van der Waals surface area contributed by atoms with Crippen molar-refractivity contribution in [2.45, 2.75) is 33.4 Å². The van der Waals surface area contributed by atoms with Crippen LogP contribution < -0.4 is 15.4 Å². The van der Waals surface area contributed by atoms with Crippen molar-refractivity contribution in [3.05, 3.63) is 53.1 Å². The highest BCUT2D eigenvalue weighted by atomic mass is 19.4. The fourth-order valence-corrected chi connectivity index (χ4v) is 2.42. The Balaban J connectivity index is 2.34. The van der Waals surface area contributed by atoms with Crippen molar-refractivity contribution in [3.8, 4) is 5.75 Å². The van der Waals surface area contributed by atoms with Gasteiger partial charge in [-0.3, -0.25) is 9.59 Å². The third-order valence-electron chi connectivity index (χ3n) is 3.83. The summed E-state index contributed by atoms with van der Waals surface area (Å²) in [5.74, 6) is -0.765. The number of rotatable bonds is 6. The fourth-order valence-electron chi connectivity index (χ4n) is 2.42. The second kappa shape index (κ2) is 8.77. The lowest BCUT2D eigenvalue weighted by molar-refractivity contribution is -0.137. The number of nitrogens with one attached hydrogen (secondary N) is 2. The van der Waals surface area contributed by atoms with E-state index in [1.807, 2.05) is 6.92 Å². The lowest BCUT2D eigenvalue weighted by Gasteiger charge is -2.16. The van der Waals surface area contributed by atoms with Gasteiger partial charge in [0.15, 0.2) is 0 Å². The summed E-state index contributed by atoms with van der Waals surface area (Å²) in [6.45, 7) is 5.26. The van der Waals surface area contributed by atoms with Crippen LogP contribution in [0.5, 0.6) is 5.75 Å². The Labute approximate surface area is 160 Å². The second-order valence-electron chi connectivity index (χ2n) is 6.22. The first kappa shape index (κ1) is 21.3. The minimum atomic E-state index is -4.55. The van der Waals surface area contributed by atoms with Crippen molar-refractivity contribution in [1.29, 1.82) is 0 Å². The summed E-state index contributed by atoms with van der Waals surface area (Å²) < 4.78 is 44.6. The molecular formula is C20H21F3N2O3. The molecule has 0 aliphatic carbocycles.